The fourth-order valence-electron chi connectivity index (χ4n) is 5.58. The highest BCUT2D eigenvalue weighted by atomic mass is 16.2. The first kappa shape index (κ1) is 20.9. The van der Waals surface area contributed by atoms with Gasteiger partial charge in [0, 0.05) is 37.8 Å². The minimum atomic E-state index is -0.103. The molecule has 0 aromatic carbocycles. The Kier molecular flexibility index (Phi) is 5.11. The zero-order valence-corrected chi connectivity index (χ0v) is 19.0. The number of hydrogen-bond donors (Lipinski definition) is 3. The largest absolute Gasteiger partial charge is 0.366 e. The van der Waals surface area contributed by atoms with E-state index in [2.05, 4.69) is 41.3 Å². The molecule has 1 spiro atoms. The van der Waals surface area contributed by atoms with E-state index in [4.69, 9.17) is 11.4 Å². The van der Waals surface area contributed by atoms with E-state index >= 15 is 0 Å². The molecule has 3 aliphatic rings. The average molecular weight is 457 g/mol. The van der Waals surface area contributed by atoms with Crippen LogP contribution in [0, 0.1) is 12.3 Å². The molecule has 1 saturated carbocycles. The predicted octanol–water partition coefficient (Wildman–Crippen LogP) is 2.38. The van der Waals surface area contributed by atoms with Crippen LogP contribution < -0.4 is 20.9 Å². The molecular weight excluding hydrogens is 428 g/mol. The van der Waals surface area contributed by atoms with Crippen molar-refractivity contribution >= 4 is 34.4 Å². The van der Waals surface area contributed by atoms with E-state index < -0.39 is 0 Å². The van der Waals surface area contributed by atoms with Crippen molar-refractivity contribution in [3.8, 4) is 12.3 Å². The molecule has 34 heavy (non-hydrogen) atoms. The van der Waals surface area contributed by atoms with E-state index in [9.17, 15) is 4.79 Å². The van der Waals surface area contributed by atoms with Crippen molar-refractivity contribution in [1.29, 1.82) is 0 Å². The van der Waals surface area contributed by atoms with Gasteiger partial charge in [0.1, 0.15) is 17.2 Å². The van der Waals surface area contributed by atoms with E-state index in [0.29, 0.717) is 24.0 Å². The number of carbonyl (C=O) groups excluding carboxylic acids is 1. The summed E-state index contributed by atoms with van der Waals surface area (Å²) in [6.07, 6.45) is 14.9. The lowest BCUT2D eigenvalue weighted by Crippen LogP contribution is -2.52. The molecule has 3 N–H and O–H groups in total. The van der Waals surface area contributed by atoms with Crippen molar-refractivity contribution in [3.05, 3.63) is 36.3 Å². The van der Waals surface area contributed by atoms with Gasteiger partial charge in [-0.05, 0) is 31.0 Å². The minimum absolute atomic E-state index is 0.0408. The van der Waals surface area contributed by atoms with Gasteiger partial charge in [-0.25, -0.2) is 9.97 Å². The zero-order chi connectivity index (χ0) is 23.1. The number of aromatic nitrogens is 4. The number of amides is 1. The highest BCUT2D eigenvalue weighted by Gasteiger charge is 2.41. The Morgan fingerprint density at radius 3 is 2.85 bits per heavy atom. The van der Waals surface area contributed by atoms with E-state index in [1.165, 1.54) is 6.42 Å². The van der Waals surface area contributed by atoms with E-state index in [-0.39, 0.29) is 17.5 Å². The number of anilines is 3. The number of hydrogen-bond acceptors (Lipinski definition) is 7. The Balaban J connectivity index is 1.28. The average Bonchev–Trinajstić information content (AvgIpc) is 3.28. The third kappa shape index (κ3) is 3.55. The fourth-order valence-corrected chi connectivity index (χ4v) is 5.58. The van der Waals surface area contributed by atoms with Gasteiger partial charge in [0.15, 0.2) is 0 Å². The molecule has 5 heterocycles. The summed E-state index contributed by atoms with van der Waals surface area (Å²) in [7, 11) is 0. The molecule has 9 nitrogen and oxygen atoms in total. The molecule has 2 fully saturated rings. The number of carbonyl (C=O) groups is 1. The Morgan fingerprint density at radius 2 is 2.06 bits per heavy atom. The second-order valence-electron chi connectivity index (χ2n) is 9.45. The Morgan fingerprint density at radius 1 is 1.18 bits per heavy atom. The molecule has 1 atom stereocenters. The van der Waals surface area contributed by atoms with Crippen molar-refractivity contribution in [2.45, 2.75) is 43.7 Å². The third-order valence-electron chi connectivity index (χ3n) is 7.34. The van der Waals surface area contributed by atoms with Crippen molar-refractivity contribution in [2.75, 3.05) is 36.4 Å². The Labute approximate surface area is 198 Å². The number of nitrogens with one attached hydrogen (secondary N) is 3. The number of pyridine rings is 1. The van der Waals surface area contributed by atoms with Crippen LogP contribution in [0.15, 0.2) is 30.6 Å². The lowest BCUT2D eigenvalue weighted by atomic mass is 9.80. The van der Waals surface area contributed by atoms with Gasteiger partial charge in [0.25, 0.3) is 5.91 Å². The molecule has 0 radical (unpaired) electrons. The quantitative estimate of drug-likeness (QED) is 0.521. The maximum atomic E-state index is 12.6. The second-order valence-corrected chi connectivity index (χ2v) is 9.45. The first-order valence-corrected chi connectivity index (χ1v) is 12.0. The summed E-state index contributed by atoms with van der Waals surface area (Å²) in [4.78, 5) is 28.8. The first-order chi connectivity index (χ1) is 16.6. The molecule has 1 saturated heterocycles. The molecule has 2 aliphatic heterocycles. The van der Waals surface area contributed by atoms with Gasteiger partial charge in [-0.15, -0.1) is 6.42 Å². The summed E-state index contributed by atoms with van der Waals surface area (Å²) in [5.74, 6) is 3.88. The SMILES string of the molecule is C#CC1CN(c2ccc(Nc3ncc4cc5n(c4n3)C3(CCCCC3)CNC5=O)nc2)CCN1. The van der Waals surface area contributed by atoms with Crippen molar-refractivity contribution in [1.82, 2.24) is 30.2 Å². The van der Waals surface area contributed by atoms with Crippen molar-refractivity contribution in [3.63, 3.8) is 0 Å². The van der Waals surface area contributed by atoms with Crippen LogP contribution in [0.5, 0.6) is 0 Å². The van der Waals surface area contributed by atoms with Crippen LogP contribution in [0.4, 0.5) is 17.5 Å². The van der Waals surface area contributed by atoms with Gasteiger partial charge in [-0.3, -0.25) is 4.79 Å². The second kappa shape index (κ2) is 8.29. The summed E-state index contributed by atoms with van der Waals surface area (Å²) < 4.78 is 2.18. The lowest BCUT2D eigenvalue weighted by molar-refractivity contribution is 0.0833. The summed E-state index contributed by atoms with van der Waals surface area (Å²) in [6.45, 7) is 3.16. The summed E-state index contributed by atoms with van der Waals surface area (Å²) in [5.41, 5.74) is 2.42. The van der Waals surface area contributed by atoms with E-state index in [1.807, 2.05) is 24.4 Å². The van der Waals surface area contributed by atoms with Crippen LogP contribution in [0.2, 0.25) is 0 Å². The normalized spacial score (nSPS) is 21.7. The highest BCUT2D eigenvalue weighted by Crippen LogP contribution is 2.40. The maximum absolute atomic E-state index is 12.6. The zero-order valence-electron chi connectivity index (χ0n) is 19.0. The van der Waals surface area contributed by atoms with E-state index in [1.54, 1.807) is 6.20 Å². The van der Waals surface area contributed by atoms with Crippen LogP contribution in [0.3, 0.4) is 0 Å². The van der Waals surface area contributed by atoms with Crippen molar-refractivity contribution < 1.29 is 4.79 Å². The Hall–Kier alpha value is -3.64. The van der Waals surface area contributed by atoms with Gasteiger partial charge in [-0.1, -0.05) is 25.2 Å². The molecule has 174 valence electrons. The fraction of sp³-hybridized carbons (Fsp3) is 0.440. The molecule has 1 amide bonds. The Bertz CT molecular complexity index is 1270. The smallest absolute Gasteiger partial charge is 0.268 e. The third-order valence-corrected chi connectivity index (χ3v) is 7.34. The van der Waals surface area contributed by atoms with Crippen molar-refractivity contribution in [2.24, 2.45) is 0 Å². The molecular formula is C25H28N8O. The van der Waals surface area contributed by atoms with Crippen LogP contribution in [-0.4, -0.2) is 57.6 Å². The van der Waals surface area contributed by atoms with Gasteiger partial charge < -0.3 is 25.4 Å². The monoisotopic (exact) mass is 456 g/mol. The highest BCUT2D eigenvalue weighted by molar-refractivity contribution is 5.99. The lowest BCUT2D eigenvalue weighted by Gasteiger charge is -2.42. The maximum Gasteiger partial charge on any atom is 0.268 e. The molecule has 3 aromatic rings. The molecule has 9 heteroatoms. The molecule has 6 rings (SSSR count). The summed E-state index contributed by atoms with van der Waals surface area (Å²) in [5, 5.41) is 10.5. The minimum Gasteiger partial charge on any atom is -0.366 e. The standard InChI is InChI=1S/C25H28N8O/c1-2-18-15-32(11-10-26-18)19-6-7-21(27-14-19)30-24-28-13-17-12-20-23(34)29-16-25(8-4-3-5-9-25)33(20)22(17)31-24/h1,6-7,12-14,18,26H,3-5,8-11,15-16H2,(H,29,34)(H,27,28,30,31). The number of piperazine rings is 1. The summed E-state index contributed by atoms with van der Waals surface area (Å²) in [6, 6.07) is 5.93. The van der Waals surface area contributed by atoms with Crippen LogP contribution in [0.25, 0.3) is 11.0 Å². The summed E-state index contributed by atoms with van der Waals surface area (Å²) >= 11 is 0. The number of nitrogens with zero attached hydrogens (tertiary/aromatic N) is 5. The van der Waals surface area contributed by atoms with Crippen LogP contribution in [0.1, 0.15) is 42.6 Å². The number of rotatable bonds is 3. The van der Waals surface area contributed by atoms with Gasteiger partial charge >= 0.3 is 0 Å². The first-order valence-electron chi connectivity index (χ1n) is 12.0. The number of fused-ring (bicyclic) bond motifs is 4. The molecule has 1 unspecified atom stereocenters. The molecule has 3 aromatic heterocycles. The van der Waals surface area contributed by atoms with Crippen LogP contribution in [-0.2, 0) is 5.54 Å². The molecule has 0 bridgehead atoms. The van der Waals surface area contributed by atoms with Gasteiger partial charge in [0.05, 0.1) is 23.5 Å². The van der Waals surface area contributed by atoms with Gasteiger partial charge in [0.2, 0.25) is 5.95 Å². The van der Waals surface area contributed by atoms with Crippen LogP contribution >= 0.6 is 0 Å². The topological polar surface area (TPSA) is 100 Å². The van der Waals surface area contributed by atoms with Gasteiger partial charge in [-0.2, -0.15) is 4.98 Å². The van der Waals surface area contributed by atoms with E-state index in [0.717, 1.165) is 62.0 Å². The number of terminal acetylenes is 1. The predicted molar refractivity (Wildman–Crippen MR) is 131 cm³/mol. The molecule has 1 aliphatic carbocycles.